The van der Waals surface area contributed by atoms with Gasteiger partial charge in [0.15, 0.2) is 10.9 Å². The van der Waals surface area contributed by atoms with Crippen LogP contribution in [0.5, 0.6) is 0 Å². The molecule has 10 nitrogen and oxygen atoms in total. The van der Waals surface area contributed by atoms with Crippen molar-refractivity contribution >= 4 is 61.7 Å². The number of carbonyl (C=O) groups is 1. The van der Waals surface area contributed by atoms with E-state index in [9.17, 15) is 9.59 Å². The second-order valence-electron chi connectivity index (χ2n) is 8.89. The fourth-order valence-electron chi connectivity index (χ4n) is 4.53. The van der Waals surface area contributed by atoms with Crippen LogP contribution in [0, 0.1) is 6.92 Å². The van der Waals surface area contributed by atoms with Crippen LogP contribution >= 0.6 is 11.3 Å². The van der Waals surface area contributed by atoms with E-state index in [1.807, 2.05) is 49.4 Å². The van der Waals surface area contributed by atoms with Gasteiger partial charge in [0.1, 0.15) is 11.5 Å². The van der Waals surface area contributed by atoms with Crippen LogP contribution < -0.4 is 16.6 Å². The molecular formula is C27H26N8O2S. The van der Waals surface area contributed by atoms with Crippen LogP contribution in [0.4, 0.5) is 10.9 Å². The van der Waals surface area contributed by atoms with Crippen LogP contribution in [0.1, 0.15) is 23.7 Å². The number of amidine groups is 1. The summed E-state index contributed by atoms with van der Waals surface area (Å²) >= 11 is 1.37. The number of anilines is 1. The van der Waals surface area contributed by atoms with E-state index < -0.39 is 0 Å². The lowest BCUT2D eigenvalue weighted by Gasteiger charge is -2.12. The maximum atomic E-state index is 13.2. The van der Waals surface area contributed by atoms with Gasteiger partial charge >= 0.3 is 0 Å². The molecule has 38 heavy (non-hydrogen) atoms. The Morgan fingerprint density at radius 1 is 1.24 bits per heavy atom. The lowest BCUT2D eigenvalue weighted by molar-refractivity contribution is -0.114. The van der Waals surface area contributed by atoms with Crippen molar-refractivity contribution in [3.8, 4) is 11.3 Å². The second kappa shape index (κ2) is 9.67. The highest BCUT2D eigenvalue weighted by atomic mass is 32.1. The topological polar surface area (TPSA) is 133 Å². The summed E-state index contributed by atoms with van der Waals surface area (Å²) in [5.41, 5.74) is 10.6. The SMILES string of the molecule is C=Nc1c(C(N)=NC)c(-c2ccc3nc(NC(C)=O)sc3c2)nn1Cc1cc2cccc(C)c2c(=O)n1C. The molecule has 5 rings (SSSR count). The number of nitrogens with one attached hydrogen (secondary N) is 1. The van der Waals surface area contributed by atoms with Crippen molar-refractivity contribution in [3.63, 3.8) is 0 Å². The van der Waals surface area contributed by atoms with Crippen molar-refractivity contribution in [1.29, 1.82) is 0 Å². The summed E-state index contributed by atoms with van der Waals surface area (Å²) in [6.07, 6.45) is 0. The maximum absolute atomic E-state index is 13.2. The molecule has 0 saturated carbocycles. The van der Waals surface area contributed by atoms with E-state index in [-0.39, 0.29) is 23.8 Å². The molecule has 0 spiro atoms. The van der Waals surface area contributed by atoms with Gasteiger partial charge in [-0.1, -0.05) is 35.6 Å². The van der Waals surface area contributed by atoms with Crippen molar-refractivity contribution in [2.24, 2.45) is 22.8 Å². The number of nitrogens with two attached hydrogens (primary N) is 1. The summed E-state index contributed by atoms with van der Waals surface area (Å²) in [6, 6.07) is 13.5. The number of pyridine rings is 1. The lowest BCUT2D eigenvalue weighted by Crippen LogP contribution is -2.22. The number of nitrogens with zero attached hydrogens (tertiary/aromatic N) is 6. The molecule has 0 unspecified atom stereocenters. The summed E-state index contributed by atoms with van der Waals surface area (Å²) in [5, 5.41) is 9.67. The number of thiazole rings is 1. The molecule has 0 aliphatic rings. The molecule has 0 atom stereocenters. The van der Waals surface area contributed by atoms with Gasteiger partial charge in [-0.25, -0.2) is 14.7 Å². The number of aryl methyl sites for hydroxylation is 1. The third-order valence-corrected chi connectivity index (χ3v) is 7.34. The number of aromatic nitrogens is 4. The van der Waals surface area contributed by atoms with E-state index >= 15 is 0 Å². The monoisotopic (exact) mass is 526 g/mol. The number of amides is 1. The number of carbonyl (C=O) groups excluding carboxylic acids is 1. The molecule has 3 heterocycles. The molecule has 192 valence electrons. The van der Waals surface area contributed by atoms with Crippen LogP contribution in [-0.4, -0.2) is 44.8 Å². The number of aliphatic imine (C=N–C) groups is 2. The van der Waals surface area contributed by atoms with Crippen LogP contribution in [-0.2, 0) is 18.4 Å². The van der Waals surface area contributed by atoms with Crippen LogP contribution in [0.15, 0.2) is 57.2 Å². The molecule has 0 fully saturated rings. The standard InChI is InChI=1S/C27H26N8O2S/c1-14-7-6-8-16-11-18(34(5)26(37)21(14)16)13-35-25(30-4)22(24(28)29-3)23(33-35)17-9-10-19-20(12-17)38-27(32-19)31-15(2)36/h6-12H,4,13H2,1-3,5H3,(H2,28,29)(H,31,32,36). The third kappa shape index (κ3) is 4.26. The highest BCUT2D eigenvalue weighted by molar-refractivity contribution is 7.22. The molecular weight excluding hydrogens is 500 g/mol. The quantitative estimate of drug-likeness (QED) is 0.255. The summed E-state index contributed by atoms with van der Waals surface area (Å²) < 4.78 is 4.19. The fourth-order valence-corrected chi connectivity index (χ4v) is 5.48. The number of fused-ring (bicyclic) bond motifs is 2. The largest absolute Gasteiger partial charge is 0.383 e. The van der Waals surface area contributed by atoms with Gasteiger partial charge in [0, 0.05) is 32.3 Å². The Balaban J connectivity index is 1.66. The van der Waals surface area contributed by atoms with Gasteiger partial charge in [-0.05, 0) is 42.8 Å². The van der Waals surface area contributed by atoms with Crippen molar-refractivity contribution in [2.45, 2.75) is 20.4 Å². The van der Waals surface area contributed by atoms with Gasteiger partial charge in [-0.3, -0.25) is 14.6 Å². The van der Waals surface area contributed by atoms with Crippen molar-refractivity contribution in [1.82, 2.24) is 19.3 Å². The Morgan fingerprint density at radius 2 is 2.03 bits per heavy atom. The smallest absolute Gasteiger partial charge is 0.258 e. The van der Waals surface area contributed by atoms with Crippen LogP contribution in [0.2, 0.25) is 0 Å². The minimum atomic E-state index is -0.183. The van der Waals surface area contributed by atoms with Crippen molar-refractivity contribution < 1.29 is 4.79 Å². The Bertz CT molecular complexity index is 1840. The predicted octanol–water partition coefficient (Wildman–Crippen LogP) is 3.99. The number of hydrogen-bond donors (Lipinski definition) is 2. The van der Waals surface area contributed by atoms with Crippen LogP contribution in [0.3, 0.4) is 0 Å². The second-order valence-corrected chi connectivity index (χ2v) is 9.92. The number of hydrogen-bond acceptors (Lipinski definition) is 7. The number of benzene rings is 2. The molecule has 0 radical (unpaired) electrons. The van der Waals surface area contributed by atoms with E-state index in [4.69, 9.17) is 10.8 Å². The summed E-state index contributed by atoms with van der Waals surface area (Å²) in [4.78, 5) is 37.6. The highest BCUT2D eigenvalue weighted by Crippen LogP contribution is 2.35. The first-order valence-electron chi connectivity index (χ1n) is 11.8. The first kappa shape index (κ1) is 25.0. The molecule has 0 bridgehead atoms. The molecule has 3 aromatic heterocycles. The molecule has 11 heteroatoms. The fraction of sp³-hybridized carbons (Fsp3) is 0.185. The molecule has 0 aliphatic carbocycles. The molecule has 5 aromatic rings. The Kier molecular flexibility index (Phi) is 6.37. The van der Waals surface area contributed by atoms with Gasteiger partial charge in [0.2, 0.25) is 5.91 Å². The number of rotatable bonds is 6. The summed E-state index contributed by atoms with van der Waals surface area (Å²) in [7, 11) is 3.35. The van der Waals surface area contributed by atoms with Gasteiger partial charge in [0.05, 0.1) is 27.7 Å². The first-order chi connectivity index (χ1) is 18.2. The van der Waals surface area contributed by atoms with E-state index in [0.717, 1.165) is 32.4 Å². The Morgan fingerprint density at radius 3 is 2.74 bits per heavy atom. The molecule has 1 amide bonds. The van der Waals surface area contributed by atoms with Gasteiger partial charge in [0.25, 0.3) is 5.56 Å². The van der Waals surface area contributed by atoms with E-state index in [0.29, 0.717) is 27.6 Å². The maximum Gasteiger partial charge on any atom is 0.258 e. The minimum absolute atomic E-state index is 0.0726. The van der Waals surface area contributed by atoms with Gasteiger partial charge in [-0.2, -0.15) is 5.10 Å². The average Bonchev–Trinajstić information content (AvgIpc) is 3.45. The first-order valence-corrected chi connectivity index (χ1v) is 12.6. The van der Waals surface area contributed by atoms with E-state index in [2.05, 4.69) is 27.0 Å². The molecule has 2 aromatic carbocycles. The lowest BCUT2D eigenvalue weighted by atomic mass is 10.1. The third-order valence-electron chi connectivity index (χ3n) is 6.41. The normalized spacial score (nSPS) is 11.8. The van der Waals surface area contributed by atoms with E-state index in [1.54, 1.807) is 23.3 Å². The van der Waals surface area contributed by atoms with Crippen molar-refractivity contribution in [3.05, 3.63) is 69.6 Å². The molecule has 0 aliphatic heterocycles. The minimum Gasteiger partial charge on any atom is -0.383 e. The summed E-state index contributed by atoms with van der Waals surface area (Å²) in [5.74, 6) is 0.528. The molecule has 0 saturated heterocycles. The zero-order valence-electron chi connectivity index (χ0n) is 21.4. The highest BCUT2D eigenvalue weighted by Gasteiger charge is 2.23. The van der Waals surface area contributed by atoms with Gasteiger partial charge in [-0.15, -0.1) is 0 Å². The van der Waals surface area contributed by atoms with Crippen molar-refractivity contribution in [2.75, 3.05) is 12.4 Å². The Hall–Kier alpha value is -4.64. The van der Waals surface area contributed by atoms with E-state index in [1.165, 1.54) is 18.3 Å². The zero-order chi connectivity index (χ0) is 27.1. The predicted molar refractivity (Wildman–Crippen MR) is 154 cm³/mol. The average molecular weight is 527 g/mol. The molecule has 3 N–H and O–H groups in total. The summed E-state index contributed by atoms with van der Waals surface area (Å²) in [6.45, 7) is 7.40. The Labute approximate surface area is 222 Å². The van der Waals surface area contributed by atoms with Gasteiger partial charge < -0.3 is 15.6 Å². The zero-order valence-corrected chi connectivity index (χ0v) is 22.3. The van der Waals surface area contributed by atoms with Crippen LogP contribution in [0.25, 0.3) is 32.2 Å².